The Morgan fingerprint density at radius 2 is 2.29 bits per heavy atom. The van der Waals surface area contributed by atoms with Gasteiger partial charge in [0.15, 0.2) is 0 Å². The van der Waals surface area contributed by atoms with Gasteiger partial charge in [0, 0.05) is 12.5 Å². The lowest BCUT2D eigenvalue weighted by atomic mass is 10.1. The van der Waals surface area contributed by atoms with Gasteiger partial charge in [-0.1, -0.05) is 0 Å². The highest BCUT2D eigenvalue weighted by Crippen LogP contribution is 2.35. The zero-order valence-electron chi connectivity index (χ0n) is 9.14. The minimum absolute atomic E-state index is 0.0228. The summed E-state index contributed by atoms with van der Waals surface area (Å²) in [6.07, 6.45) is 0.140. The van der Waals surface area contributed by atoms with E-state index >= 15 is 0 Å². The molecule has 0 spiro atoms. The quantitative estimate of drug-likeness (QED) is 0.616. The number of methoxy groups -OCH3 is 1. The van der Waals surface area contributed by atoms with E-state index in [2.05, 4.69) is 0 Å². The monoisotopic (exact) mass is 253 g/mol. The molecular formula is C11H11NO4S. The maximum absolute atomic E-state index is 10.5. The number of aliphatic carboxylic acids is 1. The molecule has 1 rings (SSSR count). The molecule has 0 aliphatic heterocycles. The maximum atomic E-state index is 10.5. The Morgan fingerprint density at radius 1 is 1.59 bits per heavy atom. The first-order valence-electron chi connectivity index (χ1n) is 4.76. The summed E-state index contributed by atoms with van der Waals surface area (Å²) in [5.74, 6) is -0.562. The van der Waals surface area contributed by atoms with Crippen LogP contribution < -0.4 is 4.74 Å². The van der Waals surface area contributed by atoms with Crippen molar-refractivity contribution in [2.24, 2.45) is 0 Å². The second kappa shape index (κ2) is 6.01. The predicted molar refractivity (Wildman–Crippen MR) is 62.1 cm³/mol. The largest absolute Gasteiger partial charge is 0.508 e. The Bertz CT molecular complexity index is 467. The number of aromatic hydroxyl groups is 1. The fourth-order valence-corrected chi connectivity index (χ4v) is 1.86. The minimum Gasteiger partial charge on any atom is -0.508 e. The highest BCUT2D eigenvalue weighted by atomic mass is 32.2. The van der Waals surface area contributed by atoms with Crippen LogP contribution in [-0.4, -0.2) is 23.3 Å². The zero-order valence-corrected chi connectivity index (χ0v) is 9.95. The van der Waals surface area contributed by atoms with E-state index in [0.29, 0.717) is 16.2 Å². The number of rotatable bonds is 5. The van der Waals surface area contributed by atoms with Crippen molar-refractivity contribution in [3.8, 4) is 16.9 Å². The number of phenolic OH excluding ortho intramolecular Hbond substituents is 1. The highest BCUT2D eigenvalue weighted by Gasteiger charge is 2.11. The summed E-state index contributed by atoms with van der Waals surface area (Å²) < 4.78 is 5.01. The van der Waals surface area contributed by atoms with Gasteiger partial charge >= 0.3 is 5.97 Å². The van der Waals surface area contributed by atoms with Gasteiger partial charge in [-0.25, -0.2) is 0 Å². The van der Waals surface area contributed by atoms with Crippen molar-refractivity contribution < 1.29 is 19.7 Å². The summed E-state index contributed by atoms with van der Waals surface area (Å²) in [7, 11) is 1.44. The Morgan fingerprint density at radius 3 is 2.82 bits per heavy atom. The molecule has 0 heterocycles. The summed E-state index contributed by atoms with van der Waals surface area (Å²) in [5, 5.41) is 28.8. The van der Waals surface area contributed by atoms with Gasteiger partial charge in [-0.05, 0) is 29.8 Å². The van der Waals surface area contributed by atoms with Crippen LogP contribution in [0.4, 0.5) is 0 Å². The van der Waals surface area contributed by atoms with E-state index in [1.807, 2.05) is 5.40 Å². The molecule has 0 aliphatic carbocycles. The number of nitrogens with zero attached hydrogens (tertiary/aromatic N) is 1. The first kappa shape index (κ1) is 13.2. The first-order valence-corrected chi connectivity index (χ1v) is 5.57. The summed E-state index contributed by atoms with van der Waals surface area (Å²) in [6, 6.07) is 2.96. The number of thiocyanates is 1. The van der Waals surface area contributed by atoms with Crippen LogP contribution in [0.25, 0.3) is 0 Å². The molecule has 0 saturated heterocycles. The van der Waals surface area contributed by atoms with Crippen LogP contribution in [-0.2, 0) is 11.2 Å². The third-order valence-corrected chi connectivity index (χ3v) is 2.76. The van der Waals surface area contributed by atoms with E-state index in [-0.39, 0.29) is 18.6 Å². The lowest BCUT2D eigenvalue weighted by Crippen LogP contribution is -1.98. The average Bonchev–Trinajstić information content (AvgIpc) is 2.29. The lowest BCUT2D eigenvalue weighted by molar-refractivity contribution is -0.136. The third kappa shape index (κ3) is 3.57. The zero-order chi connectivity index (χ0) is 12.8. The normalized spacial score (nSPS) is 9.65. The standard InChI is InChI=1S/C11H11NO4S/c1-16-9-5-8(13)7(2-3-11(14)15)4-10(9)17-6-12/h4-5,13H,2-3H2,1H3,(H,14,15). The summed E-state index contributed by atoms with van der Waals surface area (Å²) in [4.78, 5) is 11.0. The smallest absolute Gasteiger partial charge is 0.303 e. The van der Waals surface area contributed by atoms with Crippen LogP contribution in [0.1, 0.15) is 12.0 Å². The van der Waals surface area contributed by atoms with Gasteiger partial charge in [-0.3, -0.25) is 4.79 Å². The van der Waals surface area contributed by atoms with Gasteiger partial charge in [-0.2, -0.15) is 5.26 Å². The number of carboxylic acids is 1. The van der Waals surface area contributed by atoms with Crippen molar-refractivity contribution in [1.82, 2.24) is 0 Å². The number of aryl methyl sites for hydroxylation is 1. The lowest BCUT2D eigenvalue weighted by Gasteiger charge is -2.09. The van der Waals surface area contributed by atoms with Gasteiger partial charge in [0.25, 0.3) is 0 Å². The number of hydrogen-bond donors (Lipinski definition) is 2. The van der Waals surface area contributed by atoms with E-state index < -0.39 is 5.97 Å². The Balaban J connectivity index is 3.02. The van der Waals surface area contributed by atoms with Gasteiger partial charge in [-0.15, -0.1) is 0 Å². The molecular weight excluding hydrogens is 242 g/mol. The molecule has 2 N–H and O–H groups in total. The summed E-state index contributed by atoms with van der Waals surface area (Å²) in [6.45, 7) is 0. The van der Waals surface area contributed by atoms with Crippen LogP contribution >= 0.6 is 11.8 Å². The maximum Gasteiger partial charge on any atom is 0.303 e. The molecule has 90 valence electrons. The minimum atomic E-state index is -0.935. The van der Waals surface area contributed by atoms with E-state index in [4.69, 9.17) is 15.1 Å². The number of carbonyl (C=O) groups is 1. The number of ether oxygens (including phenoxy) is 1. The molecule has 0 amide bonds. The molecule has 1 aromatic rings. The second-order valence-corrected chi connectivity index (χ2v) is 4.05. The fraction of sp³-hybridized carbons (Fsp3) is 0.273. The molecule has 5 nitrogen and oxygen atoms in total. The van der Waals surface area contributed by atoms with Crippen molar-refractivity contribution in [3.63, 3.8) is 0 Å². The number of hydrogen-bond acceptors (Lipinski definition) is 5. The van der Waals surface area contributed by atoms with Gasteiger partial charge in [0.05, 0.1) is 12.0 Å². The molecule has 0 bridgehead atoms. The molecule has 17 heavy (non-hydrogen) atoms. The number of thioether (sulfide) groups is 1. The Kier molecular flexibility index (Phi) is 4.67. The van der Waals surface area contributed by atoms with Crippen molar-refractivity contribution in [3.05, 3.63) is 17.7 Å². The molecule has 0 unspecified atom stereocenters. The third-order valence-electron chi connectivity index (χ3n) is 2.13. The van der Waals surface area contributed by atoms with E-state index in [0.717, 1.165) is 11.8 Å². The molecule has 0 aliphatic rings. The molecule has 0 saturated carbocycles. The molecule has 0 fully saturated rings. The number of carboxylic acid groups (broad SMARTS) is 1. The van der Waals surface area contributed by atoms with E-state index in [1.54, 1.807) is 6.07 Å². The van der Waals surface area contributed by atoms with E-state index in [1.165, 1.54) is 13.2 Å². The molecule has 0 radical (unpaired) electrons. The fourth-order valence-electron chi connectivity index (χ4n) is 1.32. The second-order valence-electron chi connectivity index (χ2n) is 3.22. The number of phenols is 1. The van der Waals surface area contributed by atoms with Gasteiger partial charge in [0.2, 0.25) is 0 Å². The average molecular weight is 253 g/mol. The van der Waals surface area contributed by atoms with Crippen LogP contribution in [0.5, 0.6) is 11.5 Å². The number of nitriles is 1. The van der Waals surface area contributed by atoms with Crippen molar-refractivity contribution in [2.45, 2.75) is 17.7 Å². The topological polar surface area (TPSA) is 90.6 Å². The molecule has 1 aromatic carbocycles. The van der Waals surface area contributed by atoms with Crippen molar-refractivity contribution >= 4 is 17.7 Å². The highest BCUT2D eigenvalue weighted by molar-refractivity contribution is 8.03. The van der Waals surface area contributed by atoms with Crippen LogP contribution in [0.15, 0.2) is 17.0 Å². The summed E-state index contributed by atoms with van der Waals surface area (Å²) >= 11 is 0.906. The molecule has 0 aromatic heterocycles. The number of benzene rings is 1. The predicted octanol–water partition coefficient (Wildman–Crippen LogP) is 1.99. The first-order chi connectivity index (χ1) is 8.08. The van der Waals surface area contributed by atoms with Crippen LogP contribution in [0.2, 0.25) is 0 Å². The van der Waals surface area contributed by atoms with E-state index in [9.17, 15) is 9.90 Å². The van der Waals surface area contributed by atoms with Gasteiger partial charge in [0.1, 0.15) is 16.9 Å². The van der Waals surface area contributed by atoms with Gasteiger partial charge < -0.3 is 14.9 Å². The molecule has 6 heteroatoms. The Hall–Kier alpha value is -1.87. The van der Waals surface area contributed by atoms with Crippen LogP contribution in [0.3, 0.4) is 0 Å². The van der Waals surface area contributed by atoms with Crippen molar-refractivity contribution in [1.29, 1.82) is 5.26 Å². The molecule has 0 atom stereocenters. The van der Waals surface area contributed by atoms with Crippen molar-refractivity contribution in [2.75, 3.05) is 7.11 Å². The van der Waals surface area contributed by atoms with Crippen LogP contribution in [0, 0.1) is 10.7 Å². The summed E-state index contributed by atoms with van der Waals surface area (Å²) in [5.41, 5.74) is 0.492. The Labute approximate surface area is 103 Å². The SMILES string of the molecule is COc1cc(O)c(CCC(=O)O)cc1SC#N.